The number of carbonyl (C=O) groups is 1. The van der Waals surface area contributed by atoms with Gasteiger partial charge in [0.1, 0.15) is 6.17 Å². The number of nitrogens with zero attached hydrogens (tertiary/aromatic N) is 2. The molecule has 1 aromatic carbocycles. The van der Waals surface area contributed by atoms with E-state index in [2.05, 4.69) is 20.6 Å². The third-order valence-electron chi connectivity index (χ3n) is 4.39. The number of thiazole rings is 1. The lowest BCUT2D eigenvalue weighted by Crippen LogP contribution is -2.42. The van der Waals surface area contributed by atoms with Crippen LogP contribution in [0.1, 0.15) is 31.1 Å². The van der Waals surface area contributed by atoms with Crippen LogP contribution in [0.25, 0.3) is 21.3 Å². The average molecular weight is 402 g/mol. The molecule has 0 aliphatic heterocycles. The van der Waals surface area contributed by atoms with Gasteiger partial charge in [0.25, 0.3) is 5.91 Å². The van der Waals surface area contributed by atoms with Gasteiger partial charge in [-0.25, -0.2) is 4.39 Å². The molecule has 2 aromatic heterocycles. The summed E-state index contributed by atoms with van der Waals surface area (Å²) in [6.07, 6.45) is 1.70. The number of amides is 1. The Bertz CT molecular complexity index is 970. The Hall–Kier alpha value is -2.58. The summed E-state index contributed by atoms with van der Waals surface area (Å²) in [6.45, 7) is 5.00. The molecule has 0 aliphatic carbocycles. The molecule has 1 amide bonds. The van der Waals surface area contributed by atoms with Gasteiger partial charge in [-0.15, -0.1) is 11.3 Å². The van der Waals surface area contributed by atoms with Crippen molar-refractivity contribution >= 4 is 33.8 Å². The molecular formula is C20H23FN4O2S. The first-order chi connectivity index (χ1) is 13.3. The van der Waals surface area contributed by atoms with Gasteiger partial charge in [0.2, 0.25) is 0 Å². The molecule has 0 fully saturated rings. The predicted molar refractivity (Wildman–Crippen MR) is 111 cm³/mol. The Morgan fingerprint density at radius 3 is 2.79 bits per heavy atom. The second-order valence-electron chi connectivity index (χ2n) is 7.01. The zero-order chi connectivity index (χ0) is 20.3. The van der Waals surface area contributed by atoms with Crippen molar-refractivity contribution in [3.8, 4) is 10.4 Å². The molecule has 0 spiro atoms. The quantitative estimate of drug-likeness (QED) is 0.562. The fourth-order valence-electron chi connectivity index (χ4n) is 2.77. The number of pyridine rings is 1. The minimum absolute atomic E-state index is 0.285. The van der Waals surface area contributed by atoms with Gasteiger partial charge in [0, 0.05) is 24.3 Å². The number of alkyl halides is 1. The van der Waals surface area contributed by atoms with Crippen molar-refractivity contribution in [1.82, 2.24) is 15.3 Å². The van der Waals surface area contributed by atoms with E-state index in [0.717, 1.165) is 21.3 Å². The molecular weight excluding hydrogens is 379 g/mol. The zero-order valence-corrected chi connectivity index (χ0v) is 16.8. The van der Waals surface area contributed by atoms with Gasteiger partial charge in [-0.3, -0.25) is 14.8 Å². The van der Waals surface area contributed by atoms with Crippen LogP contribution in [0.2, 0.25) is 0 Å². The maximum absolute atomic E-state index is 14.0. The van der Waals surface area contributed by atoms with Crippen LogP contribution in [0.5, 0.6) is 0 Å². The molecule has 0 saturated carbocycles. The Labute approximate surface area is 166 Å². The van der Waals surface area contributed by atoms with E-state index >= 15 is 0 Å². The van der Waals surface area contributed by atoms with Crippen LogP contribution in [-0.4, -0.2) is 45.8 Å². The number of halogens is 1. The van der Waals surface area contributed by atoms with Crippen molar-refractivity contribution in [2.45, 2.75) is 32.5 Å². The minimum atomic E-state index is -1.58. The van der Waals surface area contributed by atoms with E-state index in [1.54, 1.807) is 11.7 Å². The SMILES string of the molecule is CCNc1c(C(=O)NC[C@@H](F)C(C)(C)O)cnc2ccc(-c3cncs3)cc12. The highest BCUT2D eigenvalue weighted by atomic mass is 32.1. The summed E-state index contributed by atoms with van der Waals surface area (Å²) in [5.74, 6) is -0.444. The molecule has 2 heterocycles. The highest BCUT2D eigenvalue weighted by Gasteiger charge is 2.27. The number of hydrogen-bond donors (Lipinski definition) is 3. The molecule has 148 valence electrons. The highest BCUT2D eigenvalue weighted by molar-refractivity contribution is 7.13. The molecule has 8 heteroatoms. The second-order valence-corrected chi connectivity index (χ2v) is 7.89. The van der Waals surface area contributed by atoms with E-state index in [1.807, 2.05) is 25.1 Å². The van der Waals surface area contributed by atoms with Crippen molar-refractivity contribution in [3.63, 3.8) is 0 Å². The number of carbonyl (C=O) groups excluding carboxylic acids is 1. The number of hydrogen-bond acceptors (Lipinski definition) is 6. The van der Waals surface area contributed by atoms with Crippen LogP contribution in [0.4, 0.5) is 10.1 Å². The molecule has 0 unspecified atom stereocenters. The molecule has 0 saturated heterocycles. The lowest BCUT2D eigenvalue weighted by atomic mass is 10.0. The number of aromatic nitrogens is 2. The van der Waals surface area contributed by atoms with Crippen LogP contribution in [0, 0.1) is 0 Å². The molecule has 0 bridgehead atoms. The Morgan fingerprint density at radius 1 is 1.36 bits per heavy atom. The van der Waals surface area contributed by atoms with Crippen LogP contribution in [0.15, 0.2) is 36.1 Å². The standard InChI is InChI=1S/C20H23FN4O2S/c1-4-23-18-13-7-12(16-9-22-11-28-16)5-6-15(13)24-8-14(18)19(26)25-10-17(21)20(2,3)27/h5-9,11,17,27H,4,10H2,1-3H3,(H,23,24)(H,25,26)/t17-/m1/s1. The van der Waals surface area contributed by atoms with Crippen molar-refractivity contribution in [3.05, 3.63) is 41.7 Å². The zero-order valence-electron chi connectivity index (χ0n) is 16.0. The minimum Gasteiger partial charge on any atom is -0.387 e. The maximum atomic E-state index is 14.0. The number of rotatable bonds is 7. The molecule has 3 aromatic rings. The smallest absolute Gasteiger partial charge is 0.255 e. The van der Waals surface area contributed by atoms with E-state index < -0.39 is 17.7 Å². The molecule has 0 aliphatic rings. The number of aliphatic hydroxyl groups is 1. The maximum Gasteiger partial charge on any atom is 0.255 e. The summed E-state index contributed by atoms with van der Waals surface area (Å²) in [4.78, 5) is 22.2. The summed E-state index contributed by atoms with van der Waals surface area (Å²) in [6, 6.07) is 5.84. The number of anilines is 1. The van der Waals surface area contributed by atoms with Crippen molar-refractivity contribution in [1.29, 1.82) is 0 Å². The summed E-state index contributed by atoms with van der Waals surface area (Å²) in [7, 11) is 0. The first-order valence-electron chi connectivity index (χ1n) is 9.01. The molecule has 3 N–H and O–H groups in total. The topological polar surface area (TPSA) is 87.1 Å². The van der Waals surface area contributed by atoms with Gasteiger partial charge in [0.15, 0.2) is 0 Å². The summed E-state index contributed by atoms with van der Waals surface area (Å²) < 4.78 is 14.0. The molecule has 6 nitrogen and oxygen atoms in total. The van der Waals surface area contributed by atoms with E-state index in [4.69, 9.17) is 0 Å². The van der Waals surface area contributed by atoms with Gasteiger partial charge in [-0.05, 0) is 38.5 Å². The van der Waals surface area contributed by atoms with Crippen molar-refractivity contribution < 1.29 is 14.3 Å². The Kier molecular flexibility index (Phi) is 5.90. The van der Waals surface area contributed by atoms with Crippen LogP contribution >= 0.6 is 11.3 Å². The Balaban J connectivity index is 1.97. The Morgan fingerprint density at radius 2 is 2.14 bits per heavy atom. The largest absolute Gasteiger partial charge is 0.387 e. The number of benzene rings is 1. The van der Waals surface area contributed by atoms with Gasteiger partial charge in [0.05, 0.1) is 39.3 Å². The predicted octanol–water partition coefficient (Wildman–Crippen LogP) is 3.63. The number of nitrogens with one attached hydrogen (secondary N) is 2. The summed E-state index contributed by atoms with van der Waals surface area (Å²) >= 11 is 1.53. The normalized spacial score (nSPS) is 12.8. The molecule has 0 radical (unpaired) electrons. The average Bonchev–Trinajstić information content (AvgIpc) is 3.20. The van der Waals surface area contributed by atoms with E-state index in [9.17, 15) is 14.3 Å². The summed E-state index contributed by atoms with van der Waals surface area (Å²) in [5, 5.41) is 16.3. The third-order valence-corrected chi connectivity index (χ3v) is 5.21. The first-order valence-corrected chi connectivity index (χ1v) is 9.89. The first kappa shape index (κ1) is 20.2. The van der Waals surface area contributed by atoms with Gasteiger partial charge < -0.3 is 15.7 Å². The van der Waals surface area contributed by atoms with Crippen molar-refractivity contribution in [2.75, 3.05) is 18.4 Å². The molecule has 1 atom stereocenters. The fourth-order valence-corrected chi connectivity index (χ4v) is 3.39. The monoisotopic (exact) mass is 402 g/mol. The third kappa shape index (κ3) is 4.28. The van der Waals surface area contributed by atoms with E-state index in [0.29, 0.717) is 17.8 Å². The number of fused-ring (bicyclic) bond motifs is 1. The lowest BCUT2D eigenvalue weighted by Gasteiger charge is -2.22. The van der Waals surface area contributed by atoms with Crippen LogP contribution in [-0.2, 0) is 0 Å². The molecule has 3 rings (SSSR count). The highest BCUT2D eigenvalue weighted by Crippen LogP contribution is 2.32. The molecule has 28 heavy (non-hydrogen) atoms. The summed E-state index contributed by atoms with van der Waals surface area (Å²) in [5.41, 5.74) is 2.96. The fraction of sp³-hybridized carbons (Fsp3) is 0.350. The van der Waals surface area contributed by atoms with Crippen molar-refractivity contribution in [2.24, 2.45) is 0 Å². The van der Waals surface area contributed by atoms with Crippen LogP contribution < -0.4 is 10.6 Å². The van der Waals surface area contributed by atoms with Gasteiger partial charge >= 0.3 is 0 Å². The lowest BCUT2D eigenvalue weighted by molar-refractivity contribution is -0.00177. The van der Waals surface area contributed by atoms with E-state index in [-0.39, 0.29) is 6.54 Å². The van der Waals surface area contributed by atoms with Gasteiger partial charge in [-0.1, -0.05) is 6.07 Å². The van der Waals surface area contributed by atoms with Crippen LogP contribution in [0.3, 0.4) is 0 Å². The van der Waals surface area contributed by atoms with Gasteiger partial charge in [-0.2, -0.15) is 0 Å². The second kappa shape index (κ2) is 8.20. The van der Waals surface area contributed by atoms with E-state index in [1.165, 1.54) is 31.4 Å².